The molecule has 0 aliphatic carbocycles. The van der Waals surface area contributed by atoms with Gasteiger partial charge in [-0.2, -0.15) is 9.78 Å². The van der Waals surface area contributed by atoms with E-state index in [9.17, 15) is 14.7 Å². The van der Waals surface area contributed by atoms with E-state index in [0.717, 1.165) is 15.6 Å². The zero-order valence-electron chi connectivity index (χ0n) is 19.2. The summed E-state index contributed by atoms with van der Waals surface area (Å²) in [7, 11) is 0. The molecule has 0 spiro atoms. The number of ether oxygens (including phenoxy) is 1. The highest BCUT2D eigenvalue weighted by molar-refractivity contribution is 9.11. The number of hydrogen-bond donors (Lipinski definition) is 1. The van der Waals surface area contributed by atoms with Crippen molar-refractivity contribution in [2.75, 3.05) is 0 Å². The number of benzene rings is 3. The van der Waals surface area contributed by atoms with Crippen LogP contribution in [0.5, 0.6) is 5.75 Å². The van der Waals surface area contributed by atoms with Crippen molar-refractivity contribution in [3.05, 3.63) is 101 Å². The number of halogens is 3. The lowest BCUT2D eigenvalue weighted by Gasteiger charge is -2.13. The van der Waals surface area contributed by atoms with Gasteiger partial charge in [0.15, 0.2) is 0 Å². The van der Waals surface area contributed by atoms with Crippen molar-refractivity contribution in [3.8, 4) is 5.75 Å². The molecule has 0 amide bonds. The number of carboxylic acids is 1. The summed E-state index contributed by atoms with van der Waals surface area (Å²) in [6, 6.07) is 15.6. The number of aromatic carboxylic acids is 1. The highest BCUT2D eigenvalue weighted by Crippen LogP contribution is 2.35. The van der Waals surface area contributed by atoms with Gasteiger partial charge in [-0.1, -0.05) is 41.9 Å². The Balaban J connectivity index is 1.63. The summed E-state index contributed by atoms with van der Waals surface area (Å²) in [5.41, 5.74) is 2.04. The molecular formula is C26H20Br3N3O4. The molecule has 4 aromatic rings. The fourth-order valence-corrected chi connectivity index (χ4v) is 5.33. The number of aromatic nitrogens is 2. The first-order chi connectivity index (χ1) is 17.1. The number of carbonyl (C=O) groups is 1. The molecule has 0 atom stereocenters. The Morgan fingerprint density at radius 3 is 2.50 bits per heavy atom. The maximum absolute atomic E-state index is 13.2. The second-order valence-corrected chi connectivity index (χ2v) is 10.9. The maximum Gasteiger partial charge on any atom is 0.335 e. The number of rotatable bonds is 7. The van der Waals surface area contributed by atoms with Gasteiger partial charge in [0.25, 0.3) is 5.56 Å². The number of nitrogens with zero attached hydrogens (tertiary/aromatic N) is 3. The van der Waals surface area contributed by atoms with E-state index in [1.165, 1.54) is 10.7 Å². The van der Waals surface area contributed by atoms with E-state index in [0.29, 0.717) is 31.4 Å². The second-order valence-electron chi connectivity index (χ2n) is 8.26. The van der Waals surface area contributed by atoms with Crippen LogP contribution in [-0.2, 0) is 6.61 Å². The van der Waals surface area contributed by atoms with Gasteiger partial charge in [-0.3, -0.25) is 4.79 Å². The summed E-state index contributed by atoms with van der Waals surface area (Å²) in [5, 5.41) is 14.1. The molecule has 4 rings (SSSR count). The summed E-state index contributed by atoms with van der Waals surface area (Å²) in [4.78, 5) is 29.1. The van der Waals surface area contributed by atoms with Crippen molar-refractivity contribution in [3.63, 3.8) is 0 Å². The first-order valence-electron chi connectivity index (χ1n) is 10.8. The smallest absolute Gasteiger partial charge is 0.335 e. The summed E-state index contributed by atoms with van der Waals surface area (Å²) >= 11 is 10.5. The lowest BCUT2D eigenvalue weighted by molar-refractivity contribution is 0.0696. The van der Waals surface area contributed by atoms with Crippen molar-refractivity contribution in [1.29, 1.82) is 0 Å². The predicted octanol–water partition coefficient (Wildman–Crippen LogP) is 6.97. The van der Waals surface area contributed by atoms with E-state index in [4.69, 9.17) is 4.74 Å². The molecule has 0 unspecified atom stereocenters. The third-order valence-electron chi connectivity index (χ3n) is 5.25. The Morgan fingerprint density at radius 2 is 1.83 bits per heavy atom. The molecule has 184 valence electrons. The van der Waals surface area contributed by atoms with Crippen LogP contribution in [0.15, 0.2) is 77.9 Å². The van der Waals surface area contributed by atoms with Crippen LogP contribution in [0.25, 0.3) is 10.9 Å². The van der Waals surface area contributed by atoms with Crippen LogP contribution < -0.4 is 10.3 Å². The Morgan fingerprint density at radius 1 is 1.11 bits per heavy atom. The topological polar surface area (TPSA) is 93.8 Å². The van der Waals surface area contributed by atoms with Gasteiger partial charge < -0.3 is 9.84 Å². The molecule has 0 radical (unpaired) electrons. The molecule has 3 aromatic carbocycles. The quantitative estimate of drug-likeness (QED) is 0.213. The molecule has 0 aliphatic heterocycles. The zero-order chi connectivity index (χ0) is 26.0. The molecule has 10 heteroatoms. The number of hydrogen-bond acceptors (Lipinski definition) is 5. The van der Waals surface area contributed by atoms with Crippen LogP contribution in [0.2, 0.25) is 0 Å². The van der Waals surface area contributed by atoms with Crippen molar-refractivity contribution in [2.24, 2.45) is 5.10 Å². The van der Waals surface area contributed by atoms with Crippen LogP contribution in [0.3, 0.4) is 0 Å². The Bertz CT molecular complexity index is 1540. The maximum atomic E-state index is 13.2. The van der Waals surface area contributed by atoms with E-state index in [1.807, 2.05) is 38.1 Å². The van der Waals surface area contributed by atoms with Crippen molar-refractivity contribution in [1.82, 2.24) is 9.66 Å². The van der Waals surface area contributed by atoms with Crippen LogP contribution in [0.1, 0.15) is 47.1 Å². The van der Waals surface area contributed by atoms with Crippen LogP contribution in [-0.4, -0.2) is 27.0 Å². The van der Waals surface area contributed by atoms with Gasteiger partial charge in [0.2, 0.25) is 0 Å². The molecule has 1 aromatic heterocycles. The molecule has 0 fully saturated rings. The van der Waals surface area contributed by atoms with Gasteiger partial charge >= 0.3 is 5.97 Å². The van der Waals surface area contributed by atoms with Gasteiger partial charge in [0.1, 0.15) is 18.2 Å². The molecule has 1 N–H and O–H groups in total. The average Bonchev–Trinajstić information content (AvgIpc) is 2.83. The largest absolute Gasteiger partial charge is 0.487 e. The first kappa shape index (κ1) is 26.2. The third-order valence-corrected chi connectivity index (χ3v) is 6.92. The van der Waals surface area contributed by atoms with Crippen LogP contribution >= 0.6 is 47.8 Å². The summed E-state index contributed by atoms with van der Waals surface area (Å²) in [6.07, 6.45) is 1.59. The Hall–Kier alpha value is -2.82. The minimum Gasteiger partial charge on any atom is -0.487 e. The highest BCUT2D eigenvalue weighted by atomic mass is 79.9. The van der Waals surface area contributed by atoms with Gasteiger partial charge in [0.05, 0.1) is 31.6 Å². The van der Waals surface area contributed by atoms with E-state index in [-0.39, 0.29) is 23.6 Å². The third kappa shape index (κ3) is 5.77. The summed E-state index contributed by atoms with van der Waals surface area (Å²) in [6.45, 7) is 4.12. The lowest BCUT2D eigenvalue weighted by Crippen LogP contribution is -2.23. The standard InChI is InChI=1S/C26H20Br3N3O4/c1-14(2)24-31-22-7-6-18(27)11-19(22)25(33)32(24)30-12-16-9-20(28)23(21(29)10-16)36-13-15-4-3-5-17(8-15)26(34)35/h3-12,14H,13H2,1-2H3,(H,34,35). The minimum absolute atomic E-state index is 0.0169. The van der Waals surface area contributed by atoms with Crippen LogP contribution in [0, 0.1) is 0 Å². The fraction of sp³-hybridized carbons (Fsp3) is 0.154. The van der Waals surface area contributed by atoms with Gasteiger partial charge in [0, 0.05) is 10.4 Å². The highest BCUT2D eigenvalue weighted by Gasteiger charge is 2.14. The van der Waals surface area contributed by atoms with Gasteiger partial charge in [-0.15, -0.1) is 0 Å². The first-order valence-corrected chi connectivity index (χ1v) is 13.2. The Labute approximate surface area is 232 Å². The molecule has 0 saturated carbocycles. The van der Waals surface area contributed by atoms with E-state index >= 15 is 0 Å². The molecule has 1 heterocycles. The number of fused-ring (bicyclic) bond motifs is 1. The summed E-state index contributed by atoms with van der Waals surface area (Å²) in [5.74, 6) is 0.117. The average molecular weight is 678 g/mol. The lowest BCUT2D eigenvalue weighted by atomic mass is 10.1. The molecule has 0 aliphatic rings. The molecular weight excluding hydrogens is 658 g/mol. The fourth-order valence-electron chi connectivity index (χ4n) is 3.52. The van der Waals surface area contributed by atoms with Crippen molar-refractivity contribution >= 4 is 70.9 Å². The molecule has 36 heavy (non-hydrogen) atoms. The molecule has 7 nitrogen and oxygen atoms in total. The molecule has 0 bridgehead atoms. The van der Waals surface area contributed by atoms with E-state index in [1.54, 1.807) is 30.5 Å². The monoisotopic (exact) mass is 675 g/mol. The number of carboxylic acid groups (broad SMARTS) is 1. The van der Waals surface area contributed by atoms with Crippen molar-refractivity contribution in [2.45, 2.75) is 26.4 Å². The molecule has 0 saturated heterocycles. The van der Waals surface area contributed by atoms with E-state index in [2.05, 4.69) is 57.9 Å². The van der Waals surface area contributed by atoms with Crippen LogP contribution in [0.4, 0.5) is 0 Å². The Kier molecular flexibility index (Phi) is 8.07. The van der Waals surface area contributed by atoms with Gasteiger partial charge in [-0.05, 0) is 85.5 Å². The van der Waals surface area contributed by atoms with Gasteiger partial charge in [-0.25, -0.2) is 9.78 Å². The second kappa shape index (κ2) is 11.1. The minimum atomic E-state index is -0.989. The SMILES string of the molecule is CC(C)c1nc2ccc(Br)cc2c(=O)n1N=Cc1cc(Br)c(OCc2cccc(C(=O)O)c2)c(Br)c1. The van der Waals surface area contributed by atoms with Crippen molar-refractivity contribution < 1.29 is 14.6 Å². The predicted molar refractivity (Wildman–Crippen MR) is 150 cm³/mol. The van der Waals surface area contributed by atoms with E-state index < -0.39 is 5.97 Å². The zero-order valence-corrected chi connectivity index (χ0v) is 24.0. The normalized spacial score (nSPS) is 11.5. The summed E-state index contributed by atoms with van der Waals surface area (Å²) < 4.78 is 9.40.